The van der Waals surface area contributed by atoms with Crippen LogP contribution in [0.3, 0.4) is 0 Å². The zero-order valence-electron chi connectivity index (χ0n) is 11.3. The monoisotopic (exact) mass is 282 g/mol. The van der Waals surface area contributed by atoms with Gasteiger partial charge in [-0.05, 0) is 24.1 Å². The van der Waals surface area contributed by atoms with Gasteiger partial charge in [-0.3, -0.25) is 10.1 Å². The molecule has 0 N–H and O–H groups in total. The van der Waals surface area contributed by atoms with E-state index >= 15 is 0 Å². The quantitative estimate of drug-likeness (QED) is 0.639. The Bertz CT molecular complexity index is 666. The topological polar surface area (TPSA) is 64.7 Å². The van der Waals surface area contributed by atoms with Gasteiger partial charge in [0.1, 0.15) is 6.61 Å². The van der Waals surface area contributed by atoms with E-state index in [9.17, 15) is 10.1 Å². The SMILES string of the molecule is O=[N+]([O-])c1ccc(C2=NC(Cc3ccccc3)CO2)cc1. The van der Waals surface area contributed by atoms with Gasteiger partial charge in [-0.1, -0.05) is 30.3 Å². The Labute approximate surface area is 122 Å². The number of nitrogens with zero attached hydrogens (tertiary/aromatic N) is 2. The van der Waals surface area contributed by atoms with Crippen LogP contribution in [-0.4, -0.2) is 23.5 Å². The number of hydrogen-bond acceptors (Lipinski definition) is 4. The second kappa shape index (κ2) is 5.75. The first-order chi connectivity index (χ1) is 10.2. The summed E-state index contributed by atoms with van der Waals surface area (Å²) in [6, 6.07) is 16.5. The van der Waals surface area contributed by atoms with E-state index < -0.39 is 4.92 Å². The molecule has 0 fully saturated rings. The average Bonchev–Trinajstić information content (AvgIpc) is 2.97. The van der Waals surface area contributed by atoms with Crippen molar-refractivity contribution in [2.75, 3.05) is 6.61 Å². The minimum Gasteiger partial charge on any atom is -0.475 e. The van der Waals surface area contributed by atoms with Crippen LogP contribution in [0.15, 0.2) is 59.6 Å². The van der Waals surface area contributed by atoms with Crippen molar-refractivity contribution in [3.63, 3.8) is 0 Å². The van der Waals surface area contributed by atoms with Crippen molar-refractivity contribution >= 4 is 11.6 Å². The summed E-state index contributed by atoms with van der Waals surface area (Å²) in [7, 11) is 0. The maximum Gasteiger partial charge on any atom is 0.269 e. The number of aliphatic imine (C=N–C) groups is 1. The van der Waals surface area contributed by atoms with Gasteiger partial charge in [0, 0.05) is 17.7 Å². The summed E-state index contributed by atoms with van der Waals surface area (Å²) in [6.45, 7) is 0.543. The molecule has 2 aromatic carbocycles. The number of non-ortho nitro benzene ring substituents is 1. The van der Waals surface area contributed by atoms with Gasteiger partial charge < -0.3 is 4.74 Å². The second-order valence-corrected chi connectivity index (χ2v) is 4.89. The molecule has 106 valence electrons. The normalized spacial score (nSPS) is 17.1. The van der Waals surface area contributed by atoms with E-state index in [1.165, 1.54) is 17.7 Å². The second-order valence-electron chi connectivity index (χ2n) is 4.89. The Morgan fingerprint density at radius 3 is 2.52 bits per heavy atom. The predicted molar refractivity (Wildman–Crippen MR) is 79.5 cm³/mol. The van der Waals surface area contributed by atoms with Crippen molar-refractivity contribution in [2.24, 2.45) is 4.99 Å². The molecular weight excluding hydrogens is 268 g/mol. The smallest absolute Gasteiger partial charge is 0.269 e. The summed E-state index contributed by atoms with van der Waals surface area (Å²) in [4.78, 5) is 14.8. The minimum atomic E-state index is -0.417. The first-order valence-corrected chi connectivity index (χ1v) is 6.72. The molecule has 1 atom stereocenters. The Morgan fingerprint density at radius 1 is 1.14 bits per heavy atom. The Hall–Kier alpha value is -2.69. The Balaban J connectivity index is 1.72. The van der Waals surface area contributed by atoms with Gasteiger partial charge in [0.15, 0.2) is 0 Å². The third-order valence-electron chi connectivity index (χ3n) is 3.35. The van der Waals surface area contributed by atoms with Crippen LogP contribution in [-0.2, 0) is 11.2 Å². The summed E-state index contributed by atoms with van der Waals surface area (Å²) in [5.74, 6) is 0.561. The van der Waals surface area contributed by atoms with Crippen molar-refractivity contribution in [1.82, 2.24) is 0 Å². The van der Waals surface area contributed by atoms with Crippen molar-refractivity contribution in [3.05, 3.63) is 75.8 Å². The third-order valence-corrected chi connectivity index (χ3v) is 3.35. The fourth-order valence-corrected chi connectivity index (χ4v) is 2.29. The molecule has 1 unspecified atom stereocenters. The molecule has 0 spiro atoms. The van der Waals surface area contributed by atoms with Crippen LogP contribution in [0.4, 0.5) is 5.69 Å². The molecule has 0 aromatic heterocycles. The molecule has 0 radical (unpaired) electrons. The molecule has 0 aliphatic carbocycles. The van der Waals surface area contributed by atoms with Gasteiger partial charge in [-0.25, -0.2) is 4.99 Å². The van der Waals surface area contributed by atoms with E-state index in [4.69, 9.17) is 4.74 Å². The number of hydrogen-bond donors (Lipinski definition) is 0. The highest BCUT2D eigenvalue weighted by molar-refractivity contribution is 5.95. The Morgan fingerprint density at radius 2 is 1.86 bits per heavy atom. The lowest BCUT2D eigenvalue weighted by molar-refractivity contribution is -0.384. The number of rotatable bonds is 4. The van der Waals surface area contributed by atoms with Crippen LogP contribution < -0.4 is 0 Å². The molecule has 0 saturated heterocycles. The first-order valence-electron chi connectivity index (χ1n) is 6.72. The van der Waals surface area contributed by atoms with Gasteiger partial charge in [-0.2, -0.15) is 0 Å². The van der Waals surface area contributed by atoms with Crippen LogP contribution in [0.2, 0.25) is 0 Å². The fraction of sp³-hybridized carbons (Fsp3) is 0.188. The van der Waals surface area contributed by atoms with E-state index in [1.807, 2.05) is 18.2 Å². The summed E-state index contributed by atoms with van der Waals surface area (Å²) >= 11 is 0. The fourth-order valence-electron chi connectivity index (χ4n) is 2.29. The molecular formula is C16H14N2O3. The van der Waals surface area contributed by atoms with Gasteiger partial charge in [-0.15, -0.1) is 0 Å². The molecule has 5 nitrogen and oxygen atoms in total. The van der Waals surface area contributed by atoms with Crippen LogP contribution in [0.25, 0.3) is 0 Å². The molecule has 0 saturated carbocycles. The van der Waals surface area contributed by atoms with Crippen LogP contribution in [0.1, 0.15) is 11.1 Å². The van der Waals surface area contributed by atoms with Gasteiger partial charge in [0.05, 0.1) is 11.0 Å². The van der Waals surface area contributed by atoms with Gasteiger partial charge >= 0.3 is 0 Å². The average molecular weight is 282 g/mol. The molecule has 3 rings (SSSR count). The molecule has 0 bridgehead atoms. The van der Waals surface area contributed by atoms with E-state index in [2.05, 4.69) is 17.1 Å². The zero-order valence-corrected chi connectivity index (χ0v) is 11.3. The molecule has 1 heterocycles. The number of nitro benzene ring substituents is 1. The third kappa shape index (κ3) is 3.08. The summed E-state index contributed by atoms with van der Waals surface area (Å²) in [5, 5.41) is 10.6. The highest BCUT2D eigenvalue weighted by atomic mass is 16.6. The van der Waals surface area contributed by atoms with E-state index in [1.54, 1.807) is 12.1 Å². The molecule has 21 heavy (non-hydrogen) atoms. The van der Waals surface area contributed by atoms with Gasteiger partial charge in [0.25, 0.3) is 5.69 Å². The maximum absolute atomic E-state index is 10.6. The predicted octanol–water partition coefficient (Wildman–Crippen LogP) is 2.98. The van der Waals surface area contributed by atoms with E-state index in [-0.39, 0.29) is 11.7 Å². The van der Waals surface area contributed by atoms with E-state index in [0.717, 1.165) is 12.0 Å². The largest absolute Gasteiger partial charge is 0.475 e. The van der Waals surface area contributed by atoms with Crippen LogP contribution >= 0.6 is 0 Å². The van der Waals surface area contributed by atoms with Crippen molar-refractivity contribution < 1.29 is 9.66 Å². The highest BCUT2D eigenvalue weighted by Gasteiger charge is 2.20. The maximum atomic E-state index is 10.6. The van der Waals surface area contributed by atoms with Crippen molar-refractivity contribution in [2.45, 2.75) is 12.5 Å². The summed E-state index contributed by atoms with van der Waals surface area (Å²) < 4.78 is 5.60. The minimum absolute atomic E-state index is 0.0678. The van der Waals surface area contributed by atoms with E-state index in [0.29, 0.717) is 12.5 Å². The Kier molecular flexibility index (Phi) is 3.64. The van der Waals surface area contributed by atoms with Gasteiger partial charge in [0.2, 0.25) is 5.90 Å². The molecule has 5 heteroatoms. The lowest BCUT2D eigenvalue weighted by Gasteiger charge is -2.04. The molecule has 0 amide bonds. The molecule has 1 aliphatic rings. The molecule has 2 aromatic rings. The summed E-state index contributed by atoms with van der Waals surface area (Å²) in [5.41, 5.74) is 2.06. The number of nitro groups is 1. The van der Waals surface area contributed by atoms with Crippen molar-refractivity contribution in [3.8, 4) is 0 Å². The zero-order chi connectivity index (χ0) is 14.7. The first kappa shape index (κ1) is 13.3. The lowest BCUT2D eigenvalue weighted by atomic mass is 10.1. The van der Waals surface area contributed by atoms with Crippen LogP contribution in [0, 0.1) is 10.1 Å². The van der Waals surface area contributed by atoms with Crippen LogP contribution in [0.5, 0.6) is 0 Å². The number of benzene rings is 2. The molecule has 1 aliphatic heterocycles. The standard InChI is InChI=1S/C16H14N2O3/c19-18(20)15-8-6-13(7-9-15)16-17-14(11-21-16)10-12-4-2-1-3-5-12/h1-9,14H,10-11H2. The summed E-state index contributed by atoms with van der Waals surface area (Å²) in [6.07, 6.45) is 0.831. The van der Waals surface area contributed by atoms with Crippen molar-refractivity contribution in [1.29, 1.82) is 0 Å². The number of ether oxygens (including phenoxy) is 1. The highest BCUT2D eigenvalue weighted by Crippen LogP contribution is 2.18. The lowest BCUT2D eigenvalue weighted by Crippen LogP contribution is -2.09.